The highest BCUT2D eigenvalue weighted by atomic mass is 16.1. The first-order chi connectivity index (χ1) is 15.1. The Morgan fingerprint density at radius 2 is 2.03 bits per heavy atom. The second-order valence-corrected chi connectivity index (χ2v) is 7.77. The number of primary amides is 1. The normalized spacial score (nSPS) is 15.6. The quantitative estimate of drug-likeness (QED) is 0.464. The van der Waals surface area contributed by atoms with Crippen molar-refractivity contribution in [2.45, 2.75) is 25.9 Å². The Bertz CT molecular complexity index is 1270. The van der Waals surface area contributed by atoms with Crippen LogP contribution in [0.25, 0.3) is 16.9 Å². The highest BCUT2D eigenvalue weighted by Gasteiger charge is 2.24. The number of nitrogens with two attached hydrogens (primary N) is 1. The summed E-state index contributed by atoms with van der Waals surface area (Å²) in [6.07, 6.45) is 1.64. The van der Waals surface area contributed by atoms with Crippen LogP contribution in [0.1, 0.15) is 40.0 Å². The molecule has 1 aliphatic heterocycles. The zero-order valence-electron chi connectivity index (χ0n) is 17.2. The van der Waals surface area contributed by atoms with Crippen LogP contribution in [0, 0.1) is 0 Å². The summed E-state index contributed by atoms with van der Waals surface area (Å²) in [5.74, 6) is 1.02. The molecule has 156 valence electrons. The first-order valence-electron chi connectivity index (χ1n) is 10.3. The Kier molecular flexibility index (Phi) is 4.83. The third-order valence-electron chi connectivity index (χ3n) is 5.62. The average Bonchev–Trinajstić information content (AvgIpc) is 3.22. The molecule has 4 N–H and O–H groups in total. The SMILES string of the molecule is CC1CNCc2c(NCc3ccccc3)nc(-n3ncc4c(C(N)=O)cccc43)nc21. The maximum atomic E-state index is 11.8. The lowest BCUT2D eigenvalue weighted by molar-refractivity contribution is 0.100. The molecule has 1 unspecified atom stereocenters. The van der Waals surface area contributed by atoms with E-state index in [0.717, 1.165) is 29.1 Å². The second-order valence-electron chi connectivity index (χ2n) is 7.77. The van der Waals surface area contributed by atoms with E-state index in [9.17, 15) is 4.79 Å². The lowest BCUT2D eigenvalue weighted by Crippen LogP contribution is -2.30. The van der Waals surface area contributed by atoms with Gasteiger partial charge in [-0.1, -0.05) is 43.3 Å². The largest absolute Gasteiger partial charge is 0.366 e. The van der Waals surface area contributed by atoms with Crippen LogP contribution in [-0.2, 0) is 13.1 Å². The van der Waals surface area contributed by atoms with Gasteiger partial charge >= 0.3 is 0 Å². The van der Waals surface area contributed by atoms with Gasteiger partial charge in [0.2, 0.25) is 5.91 Å². The molecule has 0 aliphatic carbocycles. The maximum absolute atomic E-state index is 11.8. The van der Waals surface area contributed by atoms with Crippen LogP contribution in [0.4, 0.5) is 5.82 Å². The predicted octanol–water partition coefficient (Wildman–Crippen LogP) is 2.73. The van der Waals surface area contributed by atoms with E-state index in [0.29, 0.717) is 30.0 Å². The molecule has 8 nitrogen and oxygen atoms in total. The van der Waals surface area contributed by atoms with Crippen molar-refractivity contribution in [3.8, 4) is 5.95 Å². The molecule has 0 bridgehead atoms. The van der Waals surface area contributed by atoms with E-state index in [1.165, 1.54) is 5.56 Å². The van der Waals surface area contributed by atoms with Gasteiger partial charge in [-0.05, 0) is 17.7 Å². The summed E-state index contributed by atoms with van der Waals surface area (Å²) in [6, 6.07) is 15.6. The molecule has 1 atom stereocenters. The van der Waals surface area contributed by atoms with Crippen molar-refractivity contribution in [3.05, 3.63) is 77.1 Å². The molecule has 8 heteroatoms. The number of nitrogens with one attached hydrogen (secondary N) is 2. The van der Waals surface area contributed by atoms with Crippen LogP contribution in [0.3, 0.4) is 0 Å². The topological polar surface area (TPSA) is 111 Å². The lowest BCUT2D eigenvalue weighted by Gasteiger charge is -2.25. The van der Waals surface area contributed by atoms with Crippen molar-refractivity contribution < 1.29 is 4.79 Å². The molecule has 0 saturated heterocycles. The lowest BCUT2D eigenvalue weighted by atomic mass is 9.98. The number of carbonyl (C=O) groups excluding carboxylic acids is 1. The first-order valence-corrected chi connectivity index (χ1v) is 10.3. The minimum atomic E-state index is -0.485. The molecule has 2 aromatic carbocycles. The minimum Gasteiger partial charge on any atom is -0.366 e. The van der Waals surface area contributed by atoms with E-state index < -0.39 is 5.91 Å². The van der Waals surface area contributed by atoms with E-state index in [2.05, 4.69) is 34.8 Å². The summed E-state index contributed by atoms with van der Waals surface area (Å²) >= 11 is 0. The summed E-state index contributed by atoms with van der Waals surface area (Å²) in [6.45, 7) is 4.37. The van der Waals surface area contributed by atoms with Gasteiger partial charge in [0.1, 0.15) is 5.82 Å². The van der Waals surface area contributed by atoms with Crippen LogP contribution in [0.15, 0.2) is 54.7 Å². The Morgan fingerprint density at radius 3 is 2.84 bits per heavy atom. The van der Waals surface area contributed by atoms with E-state index in [1.54, 1.807) is 23.0 Å². The fraction of sp³-hybridized carbons (Fsp3) is 0.217. The number of hydrogen-bond donors (Lipinski definition) is 3. The van der Waals surface area contributed by atoms with Crippen LogP contribution >= 0.6 is 0 Å². The summed E-state index contributed by atoms with van der Waals surface area (Å²) < 4.78 is 1.67. The Morgan fingerprint density at radius 1 is 1.19 bits per heavy atom. The summed E-state index contributed by atoms with van der Waals surface area (Å²) in [5, 5.41) is 12.1. The van der Waals surface area contributed by atoms with Crippen LogP contribution in [0.5, 0.6) is 0 Å². The van der Waals surface area contributed by atoms with Gasteiger partial charge in [-0.25, -0.2) is 4.98 Å². The van der Waals surface area contributed by atoms with Crippen molar-refractivity contribution in [3.63, 3.8) is 0 Å². The zero-order chi connectivity index (χ0) is 21.4. The highest BCUT2D eigenvalue weighted by molar-refractivity contribution is 6.05. The van der Waals surface area contributed by atoms with E-state index in [-0.39, 0.29) is 5.92 Å². The third-order valence-corrected chi connectivity index (χ3v) is 5.62. The predicted molar refractivity (Wildman–Crippen MR) is 119 cm³/mol. The van der Waals surface area contributed by atoms with Crippen molar-refractivity contribution in [1.29, 1.82) is 0 Å². The van der Waals surface area contributed by atoms with Gasteiger partial charge in [0.05, 0.1) is 23.0 Å². The Labute approximate surface area is 179 Å². The van der Waals surface area contributed by atoms with Crippen LogP contribution < -0.4 is 16.4 Å². The second kappa shape index (κ2) is 7.81. The molecule has 31 heavy (non-hydrogen) atoms. The maximum Gasteiger partial charge on any atom is 0.253 e. The number of nitrogens with zero attached hydrogens (tertiary/aromatic N) is 4. The summed E-state index contributed by atoms with van der Waals surface area (Å²) in [7, 11) is 0. The van der Waals surface area contributed by atoms with Gasteiger partial charge in [-0.15, -0.1) is 0 Å². The van der Waals surface area contributed by atoms with Crippen molar-refractivity contribution in [2.75, 3.05) is 11.9 Å². The van der Waals surface area contributed by atoms with Crippen molar-refractivity contribution in [2.24, 2.45) is 5.73 Å². The number of rotatable bonds is 5. The van der Waals surface area contributed by atoms with Gasteiger partial charge in [-0.2, -0.15) is 14.8 Å². The Hall–Kier alpha value is -3.78. The Balaban J connectivity index is 1.61. The number of benzene rings is 2. The minimum absolute atomic E-state index is 0.241. The molecule has 3 heterocycles. The fourth-order valence-electron chi connectivity index (χ4n) is 4.03. The van der Waals surface area contributed by atoms with Crippen molar-refractivity contribution >= 4 is 22.6 Å². The smallest absolute Gasteiger partial charge is 0.253 e. The molecule has 1 amide bonds. The van der Waals surface area contributed by atoms with Crippen LogP contribution in [-0.4, -0.2) is 32.2 Å². The molecule has 0 spiro atoms. The van der Waals surface area contributed by atoms with E-state index in [1.807, 2.05) is 24.3 Å². The first kappa shape index (κ1) is 19.2. The number of hydrogen-bond acceptors (Lipinski definition) is 6. The molecular weight excluding hydrogens is 390 g/mol. The van der Waals surface area contributed by atoms with Gasteiger partial charge in [0.25, 0.3) is 5.95 Å². The molecule has 0 fully saturated rings. The van der Waals surface area contributed by atoms with Gasteiger partial charge in [-0.3, -0.25) is 4.79 Å². The monoisotopic (exact) mass is 413 g/mol. The van der Waals surface area contributed by atoms with E-state index >= 15 is 0 Å². The summed E-state index contributed by atoms with van der Waals surface area (Å²) in [4.78, 5) is 21.5. The number of carbonyl (C=O) groups is 1. The van der Waals surface area contributed by atoms with Crippen LogP contribution in [0.2, 0.25) is 0 Å². The number of amides is 1. The van der Waals surface area contributed by atoms with Gasteiger partial charge in [0, 0.05) is 36.5 Å². The highest BCUT2D eigenvalue weighted by Crippen LogP contribution is 2.29. The zero-order valence-corrected chi connectivity index (χ0v) is 17.2. The molecular formula is C23H23N7O. The average molecular weight is 413 g/mol. The van der Waals surface area contributed by atoms with Gasteiger partial charge in [0.15, 0.2) is 0 Å². The number of anilines is 1. The summed E-state index contributed by atoms with van der Waals surface area (Å²) in [5.41, 5.74) is 9.96. The number of aromatic nitrogens is 4. The molecule has 4 aromatic rings. The standard InChI is InChI=1S/C23H23N7O/c1-14-10-25-12-18-20(14)28-23(29-22(18)26-11-15-6-3-2-4-7-15)30-19-9-5-8-16(21(24)31)17(19)13-27-30/h2-9,13-14,25H,10-12H2,1H3,(H2,24,31)(H,26,28,29). The number of fused-ring (bicyclic) bond motifs is 2. The van der Waals surface area contributed by atoms with E-state index in [4.69, 9.17) is 15.7 Å². The molecule has 1 aliphatic rings. The molecule has 5 rings (SSSR count). The third kappa shape index (κ3) is 3.51. The fourth-order valence-corrected chi connectivity index (χ4v) is 4.03. The molecule has 0 saturated carbocycles. The molecule has 0 radical (unpaired) electrons. The molecule has 2 aromatic heterocycles. The van der Waals surface area contributed by atoms with Gasteiger partial charge < -0.3 is 16.4 Å². The van der Waals surface area contributed by atoms with Crippen molar-refractivity contribution in [1.82, 2.24) is 25.1 Å².